The average Bonchev–Trinajstić information content (AvgIpc) is 3.36. The first kappa shape index (κ1) is 28.7. The molecule has 37 heavy (non-hydrogen) atoms. The van der Waals surface area contributed by atoms with E-state index >= 15 is 0 Å². The van der Waals surface area contributed by atoms with Crippen LogP contribution in [-0.4, -0.2) is 50.0 Å². The van der Waals surface area contributed by atoms with Gasteiger partial charge in [-0.1, -0.05) is 67.3 Å². The van der Waals surface area contributed by atoms with Crippen LogP contribution >= 0.6 is 0 Å². The lowest BCUT2D eigenvalue weighted by Gasteiger charge is -2.32. The van der Waals surface area contributed by atoms with Gasteiger partial charge >= 0.3 is 0 Å². The SMILES string of the molecule is CCC(C(=O)NC1CCCC1)N(Cc1ccc(C)cc1)C(=O)CCCN(c1ccc(C)cc1)S(C)(=O)=O. The predicted molar refractivity (Wildman–Crippen MR) is 149 cm³/mol. The molecule has 2 amide bonds. The van der Waals surface area contributed by atoms with Crippen molar-refractivity contribution < 1.29 is 18.0 Å². The van der Waals surface area contributed by atoms with E-state index in [1.807, 2.05) is 57.2 Å². The van der Waals surface area contributed by atoms with Gasteiger partial charge in [-0.05, 0) is 57.2 Å². The molecule has 7 nitrogen and oxygen atoms in total. The highest BCUT2D eigenvalue weighted by Crippen LogP contribution is 2.22. The molecule has 3 rings (SSSR count). The number of hydrogen-bond acceptors (Lipinski definition) is 4. The van der Waals surface area contributed by atoms with Crippen LogP contribution in [0.1, 0.15) is 68.6 Å². The van der Waals surface area contributed by atoms with E-state index in [1.165, 1.54) is 10.6 Å². The average molecular weight is 528 g/mol. The molecule has 0 aromatic heterocycles. The number of hydrogen-bond donors (Lipinski definition) is 1. The van der Waals surface area contributed by atoms with Gasteiger partial charge in [0.1, 0.15) is 6.04 Å². The lowest BCUT2D eigenvalue weighted by molar-refractivity contribution is -0.141. The largest absolute Gasteiger partial charge is 0.352 e. The zero-order chi connectivity index (χ0) is 27.0. The van der Waals surface area contributed by atoms with Gasteiger partial charge in [0, 0.05) is 25.6 Å². The first-order valence-electron chi connectivity index (χ1n) is 13.3. The third-order valence-electron chi connectivity index (χ3n) is 7.04. The van der Waals surface area contributed by atoms with E-state index in [0.29, 0.717) is 25.1 Å². The second-order valence-electron chi connectivity index (χ2n) is 10.2. The highest BCUT2D eigenvalue weighted by molar-refractivity contribution is 7.92. The van der Waals surface area contributed by atoms with Crippen molar-refractivity contribution in [2.45, 2.75) is 84.3 Å². The molecule has 0 spiro atoms. The Balaban J connectivity index is 1.74. The highest BCUT2D eigenvalue weighted by Gasteiger charge is 2.30. The first-order valence-corrected chi connectivity index (χ1v) is 15.1. The summed E-state index contributed by atoms with van der Waals surface area (Å²) in [5, 5.41) is 3.16. The lowest BCUT2D eigenvalue weighted by Crippen LogP contribution is -2.51. The van der Waals surface area contributed by atoms with Crippen LogP contribution in [0.3, 0.4) is 0 Å². The summed E-state index contributed by atoms with van der Waals surface area (Å²) >= 11 is 0. The van der Waals surface area contributed by atoms with E-state index in [-0.39, 0.29) is 30.8 Å². The second-order valence-corrected chi connectivity index (χ2v) is 12.1. The summed E-state index contributed by atoms with van der Waals surface area (Å²) in [7, 11) is -3.51. The van der Waals surface area contributed by atoms with Crippen molar-refractivity contribution in [3.05, 3.63) is 65.2 Å². The maximum atomic E-state index is 13.5. The van der Waals surface area contributed by atoms with Crippen molar-refractivity contribution in [1.82, 2.24) is 10.2 Å². The molecule has 1 atom stereocenters. The minimum atomic E-state index is -3.51. The Hall–Kier alpha value is -2.87. The van der Waals surface area contributed by atoms with Crippen molar-refractivity contribution in [3.8, 4) is 0 Å². The van der Waals surface area contributed by atoms with Crippen LogP contribution in [0.25, 0.3) is 0 Å². The Labute approximate surface area is 222 Å². The summed E-state index contributed by atoms with van der Waals surface area (Å²) in [6.45, 7) is 6.42. The lowest BCUT2D eigenvalue weighted by atomic mass is 10.1. The molecular formula is C29H41N3O4S. The number of sulfonamides is 1. The summed E-state index contributed by atoms with van der Waals surface area (Å²) in [6, 6.07) is 14.9. The Morgan fingerprint density at radius 1 is 0.973 bits per heavy atom. The summed E-state index contributed by atoms with van der Waals surface area (Å²) in [6.07, 6.45) is 6.38. The molecule has 0 heterocycles. The normalized spacial score (nSPS) is 14.8. The molecule has 1 unspecified atom stereocenters. The molecule has 1 N–H and O–H groups in total. The maximum Gasteiger partial charge on any atom is 0.243 e. The third kappa shape index (κ3) is 8.32. The van der Waals surface area contributed by atoms with E-state index in [0.717, 1.165) is 42.4 Å². The molecule has 1 fully saturated rings. The van der Waals surface area contributed by atoms with E-state index in [1.54, 1.807) is 17.0 Å². The summed E-state index contributed by atoms with van der Waals surface area (Å²) in [5.41, 5.74) is 3.72. The number of amides is 2. The van der Waals surface area contributed by atoms with Crippen LogP contribution < -0.4 is 9.62 Å². The Morgan fingerprint density at radius 3 is 2.08 bits per heavy atom. The quantitative estimate of drug-likeness (QED) is 0.433. The number of aryl methyl sites for hydroxylation is 2. The number of benzene rings is 2. The Bertz CT molecular complexity index is 1140. The van der Waals surface area contributed by atoms with Crippen LogP contribution in [0.15, 0.2) is 48.5 Å². The zero-order valence-electron chi connectivity index (χ0n) is 22.6. The monoisotopic (exact) mass is 527 g/mol. The number of carbonyl (C=O) groups is 2. The third-order valence-corrected chi connectivity index (χ3v) is 8.23. The van der Waals surface area contributed by atoms with E-state index in [2.05, 4.69) is 5.32 Å². The fraction of sp³-hybridized carbons (Fsp3) is 0.517. The second kappa shape index (κ2) is 13.1. The van der Waals surface area contributed by atoms with Gasteiger partial charge < -0.3 is 10.2 Å². The van der Waals surface area contributed by atoms with Gasteiger partial charge in [-0.15, -0.1) is 0 Å². The molecule has 202 valence electrons. The van der Waals surface area contributed by atoms with E-state index < -0.39 is 16.1 Å². The van der Waals surface area contributed by atoms with Gasteiger partial charge in [-0.3, -0.25) is 13.9 Å². The van der Waals surface area contributed by atoms with Crippen LogP contribution in [0, 0.1) is 13.8 Å². The van der Waals surface area contributed by atoms with Crippen molar-refractivity contribution in [3.63, 3.8) is 0 Å². The minimum Gasteiger partial charge on any atom is -0.352 e. The fourth-order valence-corrected chi connectivity index (χ4v) is 5.86. The molecule has 0 radical (unpaired) electrons. The van der Waals surface area contributed by atoms with Crippen LogP contribution in [0.2, 0.25) is 0 Å². The molecular weight excluding hydrogens is 486 g/mol. The molecule has 1 saturated carbocycles. The van der Waals surface area contributed by atoms with Crippen LogP contribution in [-0.2, 0) is 26.2 Å². The molecule has 1 aliphatic rings. The van der Waals surface area contributed by atoms with Crippen molar-refractivity contribution in [1.29, 1.82) is 0 Å². The molecule has 2 aromatic carbocycles. The van der Waals surface area contributed by atoms with Crippen LogP contribution in [0.5, 0.6) is 0 Å². The van der Waals surface area contributed by atoms with Gasteiger partial charge in [0.05, 0.1) is 11.9 Å². The van der Waals surface area contributed by atoms with Gasteiger partial charge in [-0.25, -0.2) is 8.42 Å². The Kier molecular flexibility index (Phi) is 10.1. The number of rotatable bonds is 12. The topological polar surface area (TPSA) is 86.8 Å². The number of carbonyl (C=O) groups excluding carboxylic acids is 2. The Morgan fingerprint density at radius 2 is 1.54 bits per heavy atom. The van der Waals surface area contributed by atoms with Gasteiger partial charge in [0.2, 0.25) is 21.8 Å². The van der Waals surface area contributed by atoms with Crippen molar-refractivity contribution in [2.75, 3.05) is 17.1 Å². The van der Waals surface area contributed by atoms with E-state index in [9.17, 15) is 18.0 Å². The van der Waals surface area contributed by atoms with Gasteiger partial charge in [0.25, 0.3) is 0 Å². The smallest absolute Gasteiger partial charge is 0.243 e. The summed E-state index contributed by atoms with van der Waals surface area (Å²) in [4.78, 5) is 28.5. The zero-order valence-corrected chi connectivity index (χ0v) is 23.4. The minimum absolute atomic E-state index is 0.104. The first-order chi connectivity index (χ1) is 17.6. The molecule has 2 aromatic rings. The summed E-state index contributed by atoms with van der Waals surface area (Å²) < 4.78 is 26.3. The standard InChI is InChI=1S/C29H41N3O4S/c1-5-27(29(34)30-25-9-6-7-10-25)31(21-24-16-12-22(2)13-17-24)28(33)11-8-20-32(37(4,35)36)26-18-14-23(3)15-19-26/h12-19,25,27H,5-11,20-21H2,1-4H3,(H,30,34). The number of nitrogens with zero attached hydrogens (tertiary/aromatic N) is 2. The van der Waals surface area contributed by atoms with Crippen molar-refractivity contribution >= 4 is 27.5 Å². The van der Waals surface area contributed by atoms with Gasteiger partial charge in [-0.2, -0.15) is 0 Å². The molecule has 1 aliphatic carbocycles. The van der Waals surface area contributed by atoms with E-state index in [4.69, 9.17) is 0 Å². The van der Waals surface area contributed by atoms with Crippen LogP contribution in [0.4, 0.5) is 5.69 Å². The molecule has 0 aliphatic heterocycles. The molecule has 0 saturated heterocycles. The van der Waals surface area contributed by atoms with Crippen molar-refractivity contribution in [2.24, 2.45) is 0 Å². The molecule has 0 bridgehead atoms. The predicted octanol–water partition coefficient (Wildman–Crippen LogP) is 4.72. The number of anilines is 1. The molecule has 8 heteroatoms. The number of nitrogens with one attached hydrogen (secondary N) is 1. The summed E-state index contributed by atoms with van der Waals surface area (Å²) in [5.74, 6) is -0.251. The fourth-order valence-electron chi connectivity index (χ4n) is 4.89. The maximum absolute atomic E-state index is 13.5. The highest BCUT2D eigenvalue weighted by atomic mass is 32.2. The van der Waals surface area contributed by atoms with Gasteiger partial charge in [0.15, 0.2) is 0 Å².